The predicted octanol–water partition coefficient (Wildman–Crippen LogP) is 0.936. The van der Waals surface area contributed by atoms with Crippen molar-refractivity contribution < 1.29 is 13.5 Å². The zero-order chi connectivity index (χ0) is 13.5. The highest BCUT2D eigenvalue weighted by Crippen LogP contribution is 2.36. The van der Waals surface area contributed by atoms with Gasteiger partial charge in [0.2, 0.25) is 10.0 Å². The quantitative estimate of drug-likeness (QED) is 0.867. The van der Waals surface area contributed by atoms with Gasteiger partial charge in [-0.15, -0.1) is 0 Å². The summed E-state index contributed by atoms with van der Waals surface area (Å²) in [4.78, 5) is 0.254. The van der Waals surface area contributed by atoms with Crippen LogP contribution in [0.4, 0.5) is 0 Å². The normalized spacial score (nSPS) is 18.3. The van der Waals surface area contributed by atoms with E-state index in [0.29, 0.717) is 11.6 Å². The van der Waals surface area contributed by atoms with E-state index in [1.165, 1.54) is 10.4 Å². The third kappa shape index (κ3) is 2.32. The van der Waals surface area contributed by atoms with E-state index in [1.54, 1.807) is 24.9 Å². The largest absolute Gasteiger partial charge is 0.390 e. The van der Waals surface area contributed by atoms with Crippen molar-refractivity contribution in [1.29, 1.82) is 0 Å². The minimum absolute atomic E-state index is 0.0350. The molecule has 1 saturated carbocycles. The van der Waals surface area contributed by atoms with E-state index < -0.39 is 10.0 Å². The Morgan fingerprint density at radius 1 is 1.56 bits per heavy atom. The van der Waals surface area contributed by atoms with Crippen molar-refractivity contribution in [2.75, 3.05) is 7.05 Å². The molecule has 2 rings (SSSR count). The fourth-order valence-electron chi connectivity index (χ4n) is 2.14. The van der Waals surface area contributed by atoms with E-state index in [9.17, 15) is 8.42 Å². The van der Waals surface area contributed by atoms with E-state index >= 15 is 0 Å². The van der Waals surface area contributed by atoms with Gasteiger partial charge in [0.1, 0.15) is 4.90 Å². The molecule has 6 heteroatoms. The molecule has 1 aromatic heterocycles. The molecule has 5 nitrogen and oxygen atoms in total. The van der Waals surface area contributed by atoms with Crippen LogP contribution >= 0.6 is 0 Å². The zero-order valence-electron chi connectivity index (χ0n) is 11.0. The molecule has 0 amide bonds. The first-order valence-electron chi connectivity index (χ1n) is 6.12. The monoisotopic (exact) mass is 272 g/mol. The maximum atomic E-state index is 12.4. The Hall–Kier alpha value is -0.850. The zero-order valence-corrected chi connectivity index (χ0v) is 11.8. The maximum absolute atomic E-state index is 12.4. The maximum Gasteiger partial charge on any atom is 0.244 e. The predicted molar refractivity (Wildman–Crippen MR) is 68.5 cm³/mol. The second kappa shape index (κ2) is 4.68. The van der Waals surface area contributed by atoms with Crippen LogP contribution in [-0.4, -0.2) is 35.5 Å². The summed E-state index contributed by atoms with van der Waals surface area (Å²) < 4.78 is 27.9. The molecular weight excluding hydrogens is 252 g/mol. The van der Waals surface area contributed by atoms with Crippen molar-refractivity contribution in [3.8, 4) is 0 Å². The van der Waals surface area contributed by atoms with E-state index in [4.69, 9.17) is 5.11 Å². The fraction of sp³-hybridized carbons (Fsp3) is 0.667. The lowest BCUT2D eigenvalue weighted by molar-refractivity contribution is 0.272. The van der Waals surface area contributed by atoms with Gasteiger partial charge in [0, 0.05) is 32.0 Å². The standard InChI is InChI=1S/C12H20N2O3S/c1-9(10-4-5-10)14(3)18(16,17)12-6-11(8-15)13(2)7-12/h6-7,9-10,15H,4-5,8H2,1-3H3. The first-order valence-corrected chi connectivity index (χ1v) is 7.56. The van der Waals surface area contributed by atoms with Gasteiger partial charge in [-0.2, -0.15) is 4.31 Å². The summed E-state index contributed by atoms with van der Waals surface area (Å²) in [6.45, 7) is 1.79. The molecule has 0 radical (unpaired) electrons. The molecule has 1 unspecified atom stereocenters. The van der Waals surface area contributed by atoms with E-state index in [-0.39, 0.29) is 17.5 Å². The van der Waals surface area contributed by atoms with Crippen molar-refractivity contribution in [1.82, 2.24) is 8.87 Å². The van der Waals surface area contributed by atoms with E-state index in [0.717, 1.165) is 12.8 Å². The number of aryl methyl sites for hydroxylation is 1. The third-order valence-corrected chi connectivity index (χ3v) is 5.71. The second-order valence-corrected chi connectivity index (χ2v) is 7.03. The molecule has 1 aromatic rings. The summed E-state index contributed by atoms with van der Waals surface area (Å²) in [5.74, 6) is 0.491. The van der Waals surface area contributed by atoms with Crippen LogP contribution in [0.15, 0.2) is 17.2 Å². The second-order valence-electron chi connectivity index (χ2n) is 5.04. The molecule has 0 aromatic carbocycles. The third-order valence-electron chi connectivity index (χ3n) is 3.80. The van der Waals surface area contributed by atoms with Crippen LogP contribution in [0.1, 0.15) is 25.5 Å². The van der Waals surface area contributed by atoms with Gasteiger partial charge in [-0.25, -0.2) is 8.42 Å². The summed E-state index contributed by atoms with van der Waals surface area (Å²) in [6.07, 6.45) is 3.77. The molecule has 0 aliphatic heterocycles. The van der Waals surface area contributed by atoms with Crippen LogP contribution in [0.3, 0.4) is 0 Å². The molecule has 1 atom stereocenters. The summed E-state index contributed by atoms with van der Waals surface area (Å²) in [5.41, 5.74) is 0.598. The number of hydrogen-bond acceptors (Lipinski definition) is 3. The number of sulfonamides is 1. The topological polar surface area (TPSA) is 62.5 Å². The van der Waals surface area contributed by atoms with Crippen molar-refractivity contribution in [2.45, 2.75) is 37.3 Å². The Kier molecular flexibility index (Phi) is 3.53. The average molecular weight is 272 g/mol. The summed E-state index contributed by atoms with van der Waals surface area (Å²) in [6, 6.07) is 1.57. The van der Waals surface area contributed by atoms with Crippen LogP contribution in [0, 0.1) is 5.92 Å². The molecule has 1 fully saturated rings. The Labute approximate surface area is 108 Å². The highest BCUT2D eigenvalue weighted by molar-refractivity contribution is 7.89. The lowest BCUT2D eigenvalue weighted by Crippen LogP contribution is -2.36. The van der Waals surface area contributed by atoms with Crippen LogP contribution in [0.25, 0.3) is 0 Å². The lowest BCUT2D eigenvalue weighted by Gasteiger charge is -2.23. The number of aliphatic hydroxyl groups excluding tert-OH is 1. The van der Waals surface area contributed by atoms with Crippen LogP contribution in [0.5, 0.6) is 0 Å². The lowest BCUT2D eigenvalue weighted by atomic mass is 10.2. The molecule has 1 aliphatic carbocycles. The van der Waals surface area contributed by atoms with Crippen molar-refractivity contribution in [2.24, 2.45) is 13.0 Å². The Morgan fingerprint density at radius 3 is 2.61 bits per heavy atom. The summed E-state index contributed by atoms with van der Waals surface area (Å²) in [5, 5.41) is 9.11. The van der Waals surface area contributed by atoms with E-state index in [2.05, 4.69) is 0 Å². The van der Waals surface area contributed by atoms with Gasteiger partial charge in [-0.1, -0.05) is 0 Å². The smallest absolute Gasteiger partial charge is 0.244 e. The molecule has 102 valence electrons. The fourth-order valence-corrected chi connectivity index (χ4v) is 3.65. The number of nitrogens with zero attached hydrogens (tertiary/aromatic N) is 2. The molecule has 0 bridgehead atoms. The van der Waals surface area contributed by atoms with Crippen molar-refractivity contribution >= 4 is 10.0 Å². The summed E-state index contributed by atoms with van der Waals surface area (Å²) >= 11 is 0. The SMILES string of the molecule is CC(C1CC1)N(C)S(=O)(=O)c1cc(CO)n(C)c1. The summed E-state index contributed by atoms with van der Waals surface area (Å²) in [7, 11) is -0.0937. The van der Waals surface area contributed by atoms with Gasteiger partial charge in [0.05, 0.1) is 6.61 Å². The van der Waals surface area contributed by atoms with Crippen LogP contribution in [-0.2, 0) is 23.7 Å². The van der Waals surface area contributed by atoms with Crippen LogP contribution in [0.2, 0.25) is 0 Å². The minimum atomic E-state index is -3.45. The highest BCUT2D eigenvalue weighted by atomic mass is 32.2. The van der Waals surface area contributed by atoms with Gasteiger partial charge in [-0.05, 0) is 31.7 Å². The first kappa shape index (κ1) is 13.6. The molecular formula is C12H20N2O3S. The number of rotatable bonds is 5. The number of hydrogen-bond donors (Lipinski definition) is 1. The van der Waals surface area contributed by atoms with Gasteiger partial charge in [0.15, 0.2) is 0 Å². The van der Waals surface area contributed by atoms with Gasteiger partial charge < -0.3 is 9.67 Å². The van der Waals surface area contributed by atoms with Gasteiger partial charge in [-0.3, -0.25) is 0 Å². The highest BCUT2D eigenvalue weighted by Gasteiger charge is 2.36. The van der Waals surface area contributed by atoms with Crippen LogP contribution < -0.4 is 0 Å². The average Bonchev–Trinajstić information content (AvgIpc) is 3.10. The van der Waals surface area contributed by atoms with Crippen molar-refractivity contribution in [3.05, 3.63) is 18.0 Å². The molecule has 0 saturated heterocycles. The number of aromatic nitrogens is 1. The minimum Gasteiger partial charge on any atom is -0.390 e. The Bertz CT molecular complexity index is 532. The van der Waals surface area contributed by atoms with Gasteiger partial charge in [0.25, 0.3) is 0 Å². The van der Waals surface area contributed by atoms with Gasteiger partial charge >= 0.3 is 0 Å². The van der Waals surface area contributed by atoms with Crippen molar-refractivity contribution in [3.63, 3.8) is 0 Å². The molecule has 1 heterocycles. The molecule has 1 aliphatic rings. The first-order chi connectivity index (χ1) is 8.37. The molecule has 0 spiro atoms. The number of aliphatic hydroxyl groups is 1. The Morgan fingerprint density at radius 2 is 2.17 bits per heavy atom. The van der Waals surface area contributed by atoms with E-state index in [1.807, 2.05) is 6.92 Å². The molecule has 1 N–H and O–H groups in total. The Balaban J connectivity index is 2.28. The molecule has 18 heavy (non-hydrogen) atoms.